The summed E-state index contributed by atoms with van der Waals surface area (Å²) in [5.41, 5.74) is 0. The van der Waals surface area contributed by atoms with Crippen molar-refractivity contribution in [3.8, 4) is 0 Å². The van der Waals surface area contributed by atoms with E-state index in [1.807, 2.05) is 0 Å². The number of allylic oxidation sites excluding steroid dienone is 12. The third-order valence-electron chi connectivity index (χ3n) is 11.6. The van der Waals surface area contributed by atoms with Gasteiger partial charge in [-0.15, -0.1) is 0 Å². The molecule has 0 heterocycles. The van der Waals surface area contributed by atoms with Gasteiger partial charge >= 0.3 is 25.7 Å². The Balaban J connectivity index is 4.81. The molecular weight excluding hydrogens is 904 g/mol. The molecule has 0 aliphatic rings. The second kappa shape index (κ2) is 52.2. The minimum absolute atomic E-state index is 0.141. The fraction of sp³-hybridized carbons (Fsp3) is 0.741. The van der Waals surface area contributed by atoms with Gasteiger partial charge in [-0.1, -0.05) is 203 Å². The van der Waals surface area contributed by atoms with Gasteiger partial charge in [0.15, 0.2) is 6.10 Å². The molecule has 0 aromatic heterocycles. The molecule has 0 saturated heterocycles. The molecule has 3 atom stereocenters. The molecule has 0 aromatic carbocycles. The molecule has 0 aliphatic carbocycles. The number of phosphoric acid groups is 1. The Morgan fingerprint density at radius 1 is 0.414 bits per heavy atom. The summed E-state index contributed by atoms with van der Waals surface area (Å²) >= 11 is 0. The summed E-state index contributed by atoms with van der Waals surface area (Å²) in [7, 11) is -4.76. The van der Waals surface area contributed by atoms with Crippen LogP contribution in [0.25, 0.3) is 0 Å². The number of carbonyl (C=O) groups excluding carboxylic acids is 3. The summed E-state index contributed by atoms with van der Waals surface area (Å²) in [5, 5.41) is 9.79. The van der Waals surface area contributed by atoms with Crippen LogP contribution >= 0.6 is 7.82 Å². The topological polar surface area (TPSA) is 155 Å². The number of aliphatic hydroxyl groups is 1. The number of unbranched alkanes of at least 4 members (excludes halogenated alkanes) is 22. The van der Waals surface area contributed by atoms with Gasteiger partial charge in [0.05, 0.1) is 19.8 Å². The third-order valence-corrected chi connectivity index (χ3v) is 12.6. The van der Waals surface area contributed by atoms with Gasteiger partial charge in [-0.25, -0.2) is 4.57 Å². The van der Waals surface area contributed by atoms with E-state index in [1.165, 1.54) is 77.0 Å². The Hall–Kier alpha value is -3.08. The van der Waals surface area contributed by atoms with Gasteiger partial charge in [0.2, 0.25) is 0 Å². The third kappa shape index (κ3) is 49.9. The van der Waals surface area contributed by atoms with Crippen molar-refractivity contribution < 1.29 is 52.2 Å². The van der Waals surface area contributed by atoms with Gasteiger partial charge in [0.1, 0.15) is 12.7 Å². The van der Waals surface area contributed by atoms with E-state index in [0.717, 1.165) is 103 Å². The maximum Gasteiger partial charge on any atom is 0.472 e. The molecule has 0 spiro atoms. The van der Waals surface area contributed by atoms with Crippen molar-refractivity contribution in [3.05, 3.63) is 72.9 Å². The van der Waals surface area contributed by atoms with E-state index in [4.69, 9.17) is 23.3 Å². The van der Waals surface area contributed by atoms with Crippen LogP contribution in [0.15, 0.2) is 72.9 Å². The molecule has 0 rings (SSSR count). The molecule has 0 aromatic rings. The zero-order valence-electron chi connectivity index (χ0n) is 44.5. The van der Waals surface area contributed by atoms with Crippen LogP contribution in [0.3, 0.4) is 0 Å². The molecule has 2 N–H and O–H groups in total. The van der Waals surface area contributed by atoms with Crippen molar-refractivity contribution in [2.75, 3.05) is 26.4 Å². The van der Waals surface area contributed by atoms with Crippen LogP contribution in [0, 0.1) is 0 Å². The molecule has 12 heteroatoms. The molecule has 0 amide bonds. The van der Waals surface area contributed by atoms with Crippen LogP contribution in [0.5, 0.6) is 0 Å². The second-order valence-electron chi connectivity index (χ2n) is 18.4. The Morgan fingerprint density at radius 2 is 0.743 bits per heavy atom. The number of phosphoric ester groups is 1. The number of hydrogen-bond acceptors (Lipinski definition) is 10. The first-order valence-corrected chi connectivity index (χ1v) is 29.3. The zero-order chi connectivity index (χ0) is 51.3. The highest BCUT2D eigenvalue weighted by atomic mass is 31.2. The molecule has 0 aliphatic heterocycles. The SMILES string of the molecule is CC/C=C\C/C=C\C/C=C\C/C=C\CCCCC(=O)OCC(COP(=O)(O)OCC(CO)OC(=O)CCCCCCCCCCCCCCC)OC(=O)CCCCCCC/C=C\C/C=C\CCCCC. The standard InChI is InChI=1S/C58H101O11P/c1-4-7-10-13-16-19-22-25-27-30-32-35-38-41-44-47-56(60)65-51-55(69-58(62)49-46-43-40-37-34-31-28-26-23-20-17-14-11-8-5-2)53-67-70(63,64)66-52-54(50-59)68-57(61)48-45-42-39-36-33-29-24-21-18-15-12-9-6-3/h7,10,16-17,19-20,25-28,32,35,54-55,59H,4-6,8-9,11-15,18,21-24,29-31,33-34,36-53H2,1-3H3,(H,63,64)/b10-7-,19-16-,20-17-,27-25-,28-26-,35-32-. The highest BCUT2D eigenvalue weighted by Crippen LogP contribution is 2.43. The molecular formula is C58H101O11P. The quantitative estimate of drug-likeness (QED) is 0.0197. The Bertz CT molecular complexity index is 1450. The molecule has 0 radical (unpaired) electrons. The first-order valence-electron chi connectivity index (χ1n) is 27.8. The van der Waals surface area contributed by atoms with Crippen molar-refractivity contribution in [1.82, 2.24) is 0 Å². The van der Waals surface area contributed by atoms with Crippen LogP contribution in [0.2, 0.25) is 0 Å². The lowest BCUT2D eigenvalue weighted by Gasteiger charge is -2.21. The highest BCUT2D eigenvalue weighted by molar-refractivity contribution is 7.47. The van der Waals surface area contributed by atoms with Crippen LogP contribution in [0.1, 0.15) is 239 Å². The maximum atomic E-state index is 12.9. The summed E-state index contributed by atoms with van der Waals surface area (Å²) in [6, 6.07) is 0. The smallest absolute Gasteiger partial charge is 0.462 e. The number of aliphatic hydroxyl groups excluding tert-OH is 1. The fourth-order valence-corrected chi connectivity index (χ4v) is 8.16. The molecule has 404 valence electrons. The van der Waals surface area contributed by atoms with Crippen molar-refractivity contribution in [2.45, 2.75) is 251 Å². The average molecular weight is 1010 g/mol. The minimum Gasteiger partial charge on any atom is -0.462 e. The predicted octanol–water partition coefficient (Wildman–Crippen LogP) is 16.1. The van der Waals surface area contributed by atoms with Crippen LogP contribution < -0.4 is 0 Å². The molecule has 0 saturated carbocycles. The average Bonchev–Trinajstić information content (AvgIpc) is 3.35. The van der Waals surface area contributed by atoms with Crippen molar-refractivity contribution in [2.24, 2.45) is 0 Å². The zero-order valence-corrected chi connectivity index (χ0v) is 45.4. The molecule has 70 heavy (non-hydrogen) atoms. The highest BCUT2D eigenvalue weighted by Gasteiger charge is 2.28. The number of rotatable bonds is 51. The first-order chi connectivity index (χ1) is 34.2. The maximum absolute atomic E-state index is 12.9. The predicted molar refractivity (Wildman–Crippen MR) is 288 cm³/mol. The summed E-state index contributed by atoms with van der Waals surface area (Å²) < 4.78 is 39.4. The van der Waals surface area contributed by atoms with Gasteiger partial charge in [-0.3, -0.25) is 23.4 Å². The summed E-state index contributed by atoms with van der Waals surface area (Å²) in [4.78, 5) is 48.4. The van der Waals surface area contributed by atoms with E-state index < -0.39 is 57.8 Å². The lowest BCUT2D eigenvalue weighted by Crippen LogP contribution is -2.30. The largest absolute Gasteiger partial charge is 0.472 e. The number of esters is 3. The van der Waals surface area contributed by atoms with Gasteiger partial charge in [0.25, 0.3) is 0 Å². The van der Waals surface area contributed by atoms with Crippen molar-refractivity contribution in [1.29, 1.82) is 0 Å². The van der Waals surface area contributed by atoms with Crippen LogP contribution in [0.4, 0.5) is 0 Å². The van der Waals surface area contributed by atoms with E-state index in [1.54, 1.807) is 0 Å². The number of ether oxygens (including phenoxy) is 3. The lowest BCUT2D eigenvalue weighted by molar-refractivity contribution is -0.161. The molecule has 3 unspecified atom stereocenters. The van der Waals surface area contributed by atoms with Gasteiger partial charge in [0, 0.05) is 19.3 Å². The van der Waals surface area contributed by atoms with Crippen molar-refractivity contribution >= 4 is 25.7 Å². The van der Waals surface area contributed by atoms with Crippen molar-refractivity contribution in [3.63, 3.8) is 0 Å². The molecule has 11 nitrogen and oxygen atoms in total. The summed E-state index contributed by atoms with van der Waals surface area (Å²) in [6.07, 6.45) is 57.2. The van der Waals surface area contributed by atoms with E-state index in [0.29, 0.717) is 19.3 Å². The minimum atomic E-state index is -4.76. The normalized spacial score (nSPS) is 14.0. The van der Waals surface area contributed by atoms with Gasteiger partial charge in [-0.2, -0.15) is 0 Å². The number of hydrogen-bond donors (Lipinski definition) is 2. The number of carbonyl (C=O) groups is 3. The Morgan fingerprint density at radius 3 is 1.20 bits per heavy atom. The van der Waals surface area contributed by atoms with E-state index in [2.05, 4.69) is 93.7 Å². The van der Waals surface area contributed by atoms with Gasteiger partial charge < -0.3 is 24.2 Å². The van der Waals surface area contributed by atoms with E-state index >= 15 is 0 Å². The Labute approximate surface area is 427 Å². The van der Waals surface area contributed by atoms with Gasteiger partial charge in [-0.05, 0) is 89.9 Å². The monoisotopic (exact) mass is 1000 g/mol. The van der Waals surface area contributed by atoms with E-state index in [-0.39, 0.29) is 25.9 Å². The second-order valence-corrected chi connectivity index (χ2v) is 19.8. The van der Waals surface area contributed by atoms with Crippen LogP contribution in [-0.2, 0) is 42.2 Å². The van der Waals surface area contributed by atoms with Crippen LogP contribution in [-0.4, -0.2) is 66.5 Å². The summed E-state index contributed by atoms with van der Waals surface area (Å²) in [6.45, 7) is 4.44. The fourth-order valence-electron chi connectivity index (χ4n) is 7.38. The summed E-state index contributed by atoms with van der Waals surface area (Å²) in [5.74, 6) is -1.53. The molecule has 0 bridgehead atoms. The molecule has 0 fully saturated rings. The van der Waals surface area contributed by atoms with E-state index in [9.17, 15) is 28.9 Å². The first kappa shape index (κ1) is 66.9. The Kier molecular flexibility index (Phi) is 50.0. The lowest BCUT2D eigenvalue weighted by atomic mass is 10.0.